The molecule has 2 N–H and O–H groups in total. The van der Waals surface area contributed by atoms with Crippen molar-refractivity contribution in [2.75, 3.05) is 41.3 Å². The molecule has 1 aliphatic heterocycles. The van der Waals surface area contributed by atoms with Crippen LogP contribution < -0.4 is 20.4 Å². The van der Waals surface area contributed by atoms with Crippen LogP contribution in [0.2, 0.25) is 5.02 Å². The summed E-state index contributed by atoms with van der Waals surface area (Å²) in [6, 6.07) is 20.2. The van der Waals surface area contributed by atoms with E-state index < -0.39 is 0 Å². The number of piperazine rings is 1. The average molecular weight is 453 g/mol. The fraction of sp³-hybridized carbons (Fsp3) is 0.261. The maximum absolute atomic E-state index is 6.21. The topological polar surface area (TPSA) is 56.3 Å². The molecule has 1 aromatic heterocycles. The fourth-order valence-corrected chi connectivity index (χ4v) is 3.93. The minimum Gasteiger partial charge on any atom is -0.368 e. The molecule has 0 bridgehead atoms. The van der Waals surface area contributed by atoms with E-state index in [4.69, 9.17) is 28.8 Å². The van der Waals surface area contributed by atoms with E-state index in [0.29, 0.717) is 22.6 Å². The smallest absolute Gasteiger partial charge is 0.231 e. The van der Waals surface area contributed by atoms with Gasteiger partial charge in [-0.25, -0.2) is 4.98 Å². The summed E-state index contributed by atoms with van der Waals surface area (Å²) in [4.78, 5) is 13.9. The number of aromatic nitrogens is 2. The molecule has 3 aromatic rings. The van der Waals surface area contributed by atoms with Crippen molar-refractivity contribution in [2.24, 2.45) is 0 Å². The van der Waals surface area contributed by atoms with Crippen LogP contribution in [0.1, 0.15) is 11.3 Å². The van der Waals surface area contributed by atoms with Crippen molar-refractivity contribution < 1.29 is 0 Å². The van der Waals surface area contributed by atoms with Gasteiger partial charge in [-0.1, -0.05) is 48.0 Å². The number of hydrogen-bond acceptors (Lipinski definition) is 5. The van der Waals surface area contributed by atoms with Crippen LogP contribution in [0.15, 0.2) is 60.7 Å². The Morgan fingerprint density at radius 3 is 2.39 bits per heavy atom. The molecule has 31 heavy (non-hydrogen) atoms. The summed E-state index contributed by atoms with van der Waals surface area (Å²) >= 11 is 11.6. The molecule has 8 heteroatoms. The van der Waals surface area contributed by atoms with Crippen LogP contribution in [-0.4, -0.2) is 41.3 Å². The number of hydrogen-bond donors (Lipinski definition) is 2. The van der Waals surface area contributed by atoms with Gasteiger partial charge in [0.05, 0.1) is 0 Å². The van der Waals surface area contributed by atoms with Crippen molar-refractivity contribution in [3.05, 3.63) is 76.9 Å². The predicted molar refractivity (Wildman–Crippen MR) is 132 cm³/mol. The Balaban J connectivity index is 1.36. The minimum atomic E-state index is 0.463. The van der Waals surface area contributed by atoms with Crippen molar-refractivity contribution in [3.8, 4) is 0 Å². The molecule has 1 saturated heterocycles. The predicted octanol–water partition coefficient (Wildman–Crippen LogP) is 4.25. The molecular weight excluding hydrogens is 428 g/mol. The van der Waals surface area contributed by atoms with Gasteiger partial charge in [0.1, 0.15) is 5.82 Å². The van der Waals surface area contributed by atoms with Crippen LogP contribution in [0, 0.1) is 6.92 Å². The number of anilines is 3. The number of nitrogens with one attached hydrogen (secondary N) is 2. The highest BCUT2D eigenvalue weighted by atomic mass is 35.5. The Morgan fingerprint density at radius 2 is 1.65 bits per heavy atom. The lowest BCUT2D eigenvalue weighted by Gasteiger charge is -2.36. The molecule has 0 saturated carbocycles. The first kappa shape index (κ1) is 21.3. The normalized spacial score (nSPS) is 13.7. The Labute approximate surface area is 193 Å². The number of rotatable bonds is 5. The summed E-state index contributed by atoms with van der Waals surface area (Å²) in [6.07, 6.45) is 0. The van der Waals surface area contributed by atoms with Crippen molar-refractivity contribution in [3.63, 3.8) is 0 Å². The van der Waals surface area contributed by atoms with Gasteiger partial charge in [-0.05, 0) is 42.9 Å². The van der Waals surface area contributed by atoms with E-state index in [-0.39, 0.29) is 0 Å². The first-order chi connectivity index (χ1) is 15.1. The monoisotopic (exact) mass is 452 g/mol. The summed E-state index contributed by atoms with van der Waals surface area (Å²) in [5.41, 5.74) is 3.14. The highest BCUT2D eigenvalue weighted by Crippen LogP contribution is 2.20. The van der Waals surface area contributed by atoms with Gasteiger partial charge in [0, 0.05) is 55.2 Å². The highest BCUT2D eigenvalue weighted by molar-refractivity contribution is 7.80. The number of halogens is 1. The lowest BCUT2D eigenvalue weighted by Crippen LogP contribution is -2.47. The van der Waals surface area contributed by atoms with Crippen LogP contribution in [0.25, 0.3) is 0 Å². The molecule has 160 valence electrons. The summed E-state index contributed by atoms with van der Waals surface area (Å²) in [5.74, 6) is 1.41. The quantitative estimate of drug-likeness (QED) is 0.561. The SMILES string of the molecule is Cc1cc(N2CCN(c3ccccc3)CC2)nc(NC(=S)NCc2ccccc2Cl)n1. The largest absolute Gasteiger partial charge is 0.368 e. The van der Waals surface area contributed by atoms with Gasteiger partial charge in [-0.2, -0.15) is 4.98 Å². The van der Waals surface area contributed by atoms with Crippen LogP contribution in [-0.2, 0) is 6.54 Å². The standard InChI is InChI=1S/C23H25ClN6S/c1-17-15-21(30-13-11-29(12-14-30)19-8-3-2-4-9-19)27-22(26-17)28-23(31)25-16-18-7-5-6-10-20(18)24/h2-10,15H,11-14,16H2,1H3,(H2,25,26,27,28,31). The molecule has 0 unspecified atom stereocenters. The maximum Gasteiger partial charge on any atom is 0.231 e. The van der Waals surface area contributed by atoms with E-state index in [1.165, 1.54) is 5.69 Å². The second kappa shape index (κ2) is 9.94. The van der Waals surface area contributed by atoms with E-state index in [1.807, 2.05) is 43.3 Å². The Hall–Kier alpha value is -2.90. The van der Waals surface area contributed by atoms with E-state index in [2.05, 4.69) is 49.7 Å². The van der Waals surface area contributed by atoms with Gasteiger partial charge >= 0.3 is 0 Å². The van der Waals surface area contributed by atoms with E-state index in [0.717, 1.165) is 43.3 Å². The number of nitrogens with zero attached hydrogens (tertiary/aromatic N) is 4. The molecule has 2 heterocycles. The second-order valence-electron chi connectivity index (χ2n) is 7.40. The van der Waals surface area contributed by atoms with Crippen molar-refractivity contribution in [1.29, 1.82) is 0 Å². The van der Waals surface area contributed by atoms with Gasteiger partial charge in [0.25, 0.3) is 0 Å². The molecule has 1 aliphatic rings. The van der Waals surface area contributed by atoms with Crippen LogP contribution in [0.4, 0.5) is 17.5 Å². The third-order valence-corrected chi connectivity index (χ3v) is 5.80. The summed E-state index contributed by atoms with van der Waals surface area (Å²) in [6.45, 7) is 6.21. The molecule has 1 fully saturated rings. The number of thiocarbonyl (C=S) groups is 1. The second-order valence-corrected chi connectivity index (χ2v) is 8.22. The minimum absolute atomic E-state index is 0.463. The van der Waals surface area contributed by atoms with Crippen LogP contribution in [0.3, 0.4) is 0 Å². The molecule has 0 radical (unpaired) electrons. The molecule has 0 aliphatic carbocycles. The van der Waals surface area contributed by atoms with Crippen molar-refractivity contribution >= 4 is 46.4 Å². The van der Waals surface area contributed by atoms with E-state index in [9.17, 15) is 0 Å². The van der Waals surface area contributed by atoms with Crippen molar-refractivity contribution in [1.82, 2.24) is 15.3 Å². The molecule has 6 nitrogen and oxygen atoms in total. The molecule has 0 spiro atoms. The zero-order chi connectivity index (χ0) is 21.6. The van der Waals surface area contributed by atoms with Gasteiger partial charge in [-0.3, -0.25) is 0 Å². The first-order valence-corrected chi connectivity index (χ1v) is 11.1. The van der Waals surface area contributed by atoms with Crippen LogP contribution >= 0.6 is 23.8 Å². The third-order valence-electron chi connectivity index (χ3n) is 5.19. The lowest BCUT2D eigenvalue weighted by molar-refractivity contribution is 0.647. The highest BCUT2D eigenvalue weighted by Gasteiger charge is 2.19. The summed E-state index contributed by atoms with van der Waals surface area (Å²) in [5, 5.41) is 7.44. The Kier molecular flexibility index (Phi) is 6.84. The third kappa shape index (κ3) is 5.62. The zero-order valence-corrected chi connectivity index (χ0v) is 19.0. The zero-order valence-electron chi connectivity index (χ0n) is 17.4. The van der Waals surface area contributed by atoms with Gasteiger partial charge in [0.2, 0.25) is 5.95 Å². The summed E-state index contributed by atoms with van der Waals surface area (Å²) < 4.78 is 0. The van der Waals surface area contributed by atoms with Crippen molar-refractivity contribution in [2.45, 2.75) is 13.5 Å². The maximum atomic E-state index is 6.21. The number of benzene rings is 2. The Morgan fingerprint density at radius 1 is 0.968 bits per heavy atom. The molecule has 4 rings (SSSR count). The van der Waals surface area contributed by atoms with Crippen LogP contribution in [0.5, 0.6) is 0 Å². The molecular formula is C23H25ClN6S. The molecule has 2 aromatic carbocycles. The fourth-order valence-electron chi connectivity index (χ4n) is 3.57. The van der Waals surface area contributed by atoms with Gasteiger partial charge < -0.3 is 20.4 Å². The molecule has 0 amide bonds. The number of para-hydroxylation sites is 1. The summed E-state index contributed by atoms with van der Waals surface area (Å²) in [7, 11) is 0. The number of aryl methyl sites for hydroxylation is 1. The lowest BCUT2D eigenvalue weighted by atomic mass is 10.2. The first-order valence-electron chi connectivity index (χ1n) is 10.3. The molecule has 0 atom stereocenters. The van der Waals surface area contributed by atoms with E-state index in [1.54, 1.807) is 0 Å². The average Bonchev–Trinajstić information content (AvgIpc) is 2.79. The van der Waals surface area contributed by atoms with Gasteiger partial charge in [0.15, 0.2) is 5.11 Å². The Bertz CT molecular complexity index is 1040. The van der Waals surface area contributed by atoms with E-state index >= 15 is 0 Å². The van der Waals surface area contributed by atoms with Gasteiger partial charge in [-0.15, -0.1) is 0 Å².